The van der Waals surface area contributed by atoms with Crippen LogP contribution in [-0.4, -0.2) is 30.8 Å². The van der Waals surface area contributed by atoms with Crippen LogP contribution >= 0.6 is 0 Å². The number of hydrogen-bond acceptors (Lipinski definition) is 3. The highest BCUT2D eigenvalue weighted by atomic mass is 16.5. The van der Waals surface area contributed by atoms with E-state index in [9.17, 15) is 0 Å². The van der Waals surface area contributed by atoms with E-state index in [1.165, 1.54) is 32.1 Å². The first-order valence-electron chi connectivity index (χ1n) is 6.46. The molecule has 3 N–H and O–H groups in total. The first-order chi connectivity index (χ1) is 7.33. The summed E-state index contributed by atoms with van der Waals surface area (Å²) in [7, 11) is 0. The molecule has 1 saturated heterocycles. The van der Waals surface area contributed by atoms with Gasteiger partial charge in [-0.05, 0) is 44.4 Å². The minimum absolute atomic E-state index is 0.434. The molecule has 0 aromatic carbocycles. The molecule has 0 spiro atoms. The van der Waals surface area contributed by atoms with Crippen molar-refractivity contribution in [2.45, 2.75) is 62.8 Å². The van der Waals surface area contributed by atoms with Gasteiger partial charge in [-0.1, -0.05) is 0 Å². The largest absolute Gasteiger partial charge is 0.376 e. The molecule has 3 heteroatoms. The predicted octanol–water partition coefficient (Wildman–Crippen LogP) is 1.02. The molecule has 2 saturated carbocycles. The lowest BCUT2D eigenvalue weighted by Gasteiger charge is -2.23. The van der Waals surface area contributed by atoms with Crippen molar-refractivity contribution in [2.24, 2.45) is 11.7 Å². The summed E-state index contributed by atoms with van der Waals surface area (Å²) in [4.78, 5) is 0. The summed E-state index contributed by atoms with van der Waals surface area (Å²) in [5, 5.41) is 3.77. The van der Waals surface area contributed by atoms with Gasteiger partial charge in [0, 0.05) is 24.7 Å². The van der Waals surface area contributed by atoms with Crippen molar-refractivity contribution in [1.29, 1.82) is 0 Å². The Morgan fingerprint density at radius 2 is 1.93 bits per heavy atom. The van der Waals surface area contributed by atoms with E-state index in [4.69, 9.17) is 10.5 Å². The van der Waals surface area contributed by atoms with Gasteiger partial charge in [0.2, 0.25) is 0 Å². The summed E-state index contributed by atoms with van der Waals surface area (Å²) in [6.07, 6.45) is 8.09. The average Bonchev–Trinajstić information content (AvgIpc) is 2.83. The molecule has 3 fully saturated rings. The van der Waals surface area contributed by atoms with Crippen LogP contribution in [0.4, 0.5) is 0 Å². The van der Waals surface area contributed by atoms with Crippen LogP contribution < -0.4 is 11.1 Å². The standard InChI is InChI=1S/C12H22N2O/c13-9-3-4-10(7-9)14-11-5-6-15-12(11)8-1-2-8/h8-12,14H,1-7,13H2. The van der Waals surface area contributed by atoms with Crippen LogP contribution in [0.25, 0.3) is 0 Å². The third-order valence-corrected chi connectivity index (χ3v) is 4.15. The Bertz CT molecular complexity index is 230. The Kier molecular flexibility index (Phi) is 2.71. The van der Waals surface area contributed by atoms with Crippen molar-refractivity contribution in [3.8, 4) is 0 Å². The van der Waals surface area contributed by atoms with Gasteiger partial charge in [-0.15, -0.1) is 0 Å². The molecule has 15 heavy (non-hydrogen) atoms. The topological polar surface area (TPSA) is 47.3 Å². The smallest absolute Gasteiger partial charge is 0.0757 e. The molecule has 0 aromatic heterocycles. The lowest BCUT2D eigenvalue weighted by molar-refractivity contribution is 0.0789. The highest BCUT2D eigenvalue weighted by Gasteiger charge is 2.41. The first kappa shape index (κ1) is 10.1. The van der Waals surface area contributed by atoms with E-state index in [1.807, 2.05) is 0 Å². The molecule has 3 rings (SSSR count). The van der Waals surface area contributed by atoms with Gasteiger partial charge in [0.05, 0.1) is 6.10 Å². The monoisotopic (exact) mass is 210 g/mol. The molecule has 1 heterocycles. The summed E-state index contributed by atoms with van der Waals surface area (Å²) in [6, 6.07) is 1.71. The summed E-state index contributed by atoms with van der Waals surface area (Å²) in [5.41, 5.74) is 5.93. The normalized spacial score (nSPS) is 46.2. The van der Waals surface area contributed by atoms with Crippen molar-refractivity contribution in [3.63, 3.8) is 0 Å². The van der Waals surface area contributed by atoms with Gasteiger partial charge in [-0.3, -0.25) is 0 Å². The maximum Gasteiger partial charge on any atom is 0.0757 e. The second-order valence-electron chi connectivity index (χ2n) is 5.50. The lowest BCUT2D eigenvalue weighted by Crippen LogP contribution is -2.43. The van der Waals surface area contributed by atoms with Crippen LogP contribution in [0, 0.1) is 5.92 Å². The van der Waals surface area contributed by atoms with E-state index in [0.29, 0.717) is 24.2 Å². The van der Waals surface area contributed by atoms with E-state index < -0.39 is 0 Å². The van der Waals surface area contributed by atoms with Crippen LogP contribution in [0.2, 0.25) is 0 Å². The summed E-state index contributed by atoms with van der Waals surface area (Å²) >= 11 is 0. The average molecular weight is 210 g/mol. The summed E-state index contributed by atoms with van der Waals surface area (Å²) in [6.45, 7) is 0.956. The SMILES string of the molecule is NC1CCC(NC2CCOC2C2CC2)C1. The van der Waals surface area contributed by atoms with Crippen molar-refractivity contribution in [1.82, 2.24) is 5.32 Å². The van der Waals surface area contributed by atoms with Crippen molar-refractivity contribution < 1.29 is 4.74 Å². The zero-order chi connectivity index (χ0) is 10.3. The summed E-state index contributed by atoms with van der Waals surface area (Å²) < 4.78 is 5.83. The molecule has 4 unspecified atom stereocenters. The molecule has 4 atom stereocenters. The number of nitrogens with two attached hydrogens (primary N) is 1. The number of rotatable bonds is 3. The lowest BCUT2D eigenvalue weighted by atomic mass is 10.0. The fraction of sp³-hybridized carbons (Fsp3) is 1.00. The van der Waals surface area contributed by atoms with Gasteiger partial charge in [0.25, 0.3) is 0 Å². The zero-order valence-corrected chi connectivity index (χ0v) is 9.32. The van der Waals surface area contributed by atoms with E-state index in [0.717, 1.165) is 18.9 Å². The maximum atomic E-state index is 5.93. The maximum absolute atomic E-state index is 5.93. The van der Waals surface area contributed by atoms with E-state index in [2.05, 4.69) is 5.32 Å². The minimum Gasteiger partial charge on any atom is -0.376 e. The van der Waals surface area contributed by atoms with Gasteiger partial charge in [0.15, 0.2) is 0 Å². The van der Waals surface area contributed by atoms with Crippen molar-refractivity contribution in [3.05, 3.63) is 0 Å². The predicted molar refractivity (Wildman–Crippen MR) is 59.6 cm³/mol. The van der Waals surface area contributed by atoms with Gasteiger partial charge in [0.1, 0.15) is 0 Å². The Morgan fingerprint density at radius 1 is 1.07 bits per heavy atom. The fourth-order valence-electron chi connectivity index (χ4n) is 3.15. The van der Waals surface area contributed by atoms with Crippen LogP contribution in [0.5, 0.6) is 0 Å². The molecule has 0 radical (unpaired) electrons. The highest BCUT2D eigenvalue weighted by molar-refractivity contribution is 4.96. The highest BCUT2D eigenvalue weighted by Crippen LogP contribution is 2.39. The second-order valence-corrected chi connectivity index (χ2v) is 5.50. The molecule has 0 bridgehead atoms. The van der Waals surface area contributed by atoms with E-state index in [-0.39, 0.29) is 0 Å². The van der Waals surface area contributed by atoms with Crippen LogP contribution in [0.1, 0.15) is 38.5 Å². The Balaban J connectivity index is 1.53. The van der Waals surface area contributed by atoms with Crippen LogP contribution in [-0.2, 0) is 4.74 Å². The van der Waals surface area contributed by atoms with Crippen LogP contribution in [0.3, 0.4) is 0 Å². The number of nitrogens with one attached hydrogen (secondary N) is 1. The van der Waals surface area contributed by atoms with Crippen molar-refractivity contribution >= 4 is 0 Å². The molecule has 0 aromatic rings. The van der Waals surface area contributed by atoms with E-state index >= 15 is 0 Å². The van der Waals surface area contributed by atoms with Gasteiger partial charge in [-0.2, -0.15) is 0 Å². The van der Waals surface area contributed by atoms with Crippen molar-refractivity contribution in [2.75, 3.05) is 6.61 Å². The van der Waals surface area contributed by atoms with E-state index in [1.54, 1.807) is 0 Å². The minimum atomic E-state index is 0.434. The van der Waals surface area contributed by atoms with Gasteiger partial charge in [-0.25, -0.2) is 0 Å². The van der Waals surface area contributed by atoms with Gasteiger partial charge < -0.3 is 15.8 Å². The molecular weight excluding hydrogens is 188 g/mol. The molecular formula is C12H22N2O. The summed E-state index contributed by atoms with van der Waals surface area (Å²) in [5.74, 6) is 0.861. The van der Waals surface area contributed by atoms with Crippen LogP contribution in [0.15, 0.2) is 0 Å². The molecule has 0 amide bonds. The molecule has 3 aliphatic rings. The zero-order valence-electron chi connectivity index (χ0n) is 9.32. The Hall–Kier alpha value is -0.120. The Labute approximate surface area is 91.7 Å². The second kappa shape index (κ2) is 4.04. The quantitative estimate of drug-likeness (QED) is 0.731. The molecule has 86 valence electrons. The molecule has 3 nitrogen and oxygen atoms in total. The number of hydrogen-bond donors (Lipinski definition) is 2. The third kappa shape index (κ3) is 2.19. The van der Waals surface area contributed by atoms with Gasteiger partial charge >= 0.3 is 0 Å². The first-order valence-corrected chi connectivity index (χ1v) is 6.46. The molecule has 1 aliphatic heterocycles. The third-order valence-electron chi connectivity index (χ3n) is 4.15. The number of ether oxygens (including phenoxy) is 1. The molecule has 2 aliphatic carbocycles. The Morgan fingerprint density at radius 3 is 2.60 bits per heavy atom. The fourth-order valence-corrected chi connectivity index (χ4v) is 3.15.